The number of halogens is 1. The molecule has 1 fully saturated rings. The summed E-state index contributed by atoms with van der Waals surface area (Å²) >= 11 is 3.96. The number of aliphatic hydroxyl groups is 1. The summed E-state index contributed by atoms with van der Waals surface area (Å²) in [4.78, 5) is 0.354. The Morgan fingerprint density at radius 1 is 1.56 bits per heavy atom. The minimum atomic E-state index is -0.696. The van der Waals surface area contributed by atoms with Crippen molar-refractivity contribution in [1.82, 2.24) is 16.2 Å². The van der Waals surface area contributed by atoms with Crippen molar-refractivity contribution in [2.75, 3.05) is 19.6 Å². The highest BCUT2D eigenvalue weighted by atomic mass is 32.1. The lowest BCUT2D eigenvalue weighted by atomic mass is 9.98. The van der Waals surface area contributed by atoms with Gasteiger partial charge in [-0.1, -0.05) is 13.3 Å². The molecule has 6 heteroatoms. The Balaban J connectivity index is 2.45. The van der Waals surface area contributed by atoms with Crippen LogP contribution in [0.1, 0.15) is 26.7 Å². The van der Waals surface area contributed by atoms with Crippen molar-refractivity contribution >= 4 is 12.6 Å². The van der Waals surface area contributed by atoms with Crippen molar-refractivity contribution < 1.29 is 9.50 Å². The van der Waals surface area contributed by atoms with Gasteiger partial charge in [0.05, 0.1) is 0 Å². The predicted molar refractivity (Wildman–Crippen MR) is 74.7 cm³/mol. The van der Waals surface area contributed by atoms with E-state index < -0.39 is 5.60 Å². The molecule has 0 amide bonds. The summed E-state index contributed by atoms with van der Waals surface area (Å²) in [5, 5.41) is 12.8. The molecule has 0 spiro atoms. The highest BCUT2D eigenvalue weighted by Crippen LogP contribution is 2.14. The molecule has 0 aromatic carbocycles. The van der Waals surface area contributed by atoms with Crippen LogP contribution >= 0.6 is 12.6 Å². The maximum atomic E-state index is 13.4. The van der Waals surface area contributed by atoms with Gasteiger partial charge in [0.25, 0.3) is 0 Å². The van der Waals surface area contributed by atoms with Gasteiger partial charge in [-0.3, -0.25) is 0 Å². The first-order valence-electron chi connectivity index (χ1n) is 6.15. The molecule has 0 unspecified atom stereocenters. The summed E-state index contributed by atoms with van der Waals surface area (Å²) in [6.45, 7) is 5.21. The Morgan fingerprint density at radius 2 is 2.22 bits per heavy atom. The van der Waals surface area contributed by atoms with Crippen LogP contribution in [0.15, 0.2) is 22.5 Å². The molecular weight excluding hydrogens is 253 g/mol. The number of rotatable bonds is 7. The minimum absolute atomic E-state index is 0.347. The highest BCUT2D eigenvalue weighted by molar-refractivity contribution is 7.84. The number of hydrogen-bond donors (Lipinski definition) is 5. The molecule has 0 bridgehead atoms. The average Bonchev–Trinajstić information content (AvgIpc) is 2.26. The predicted octanol–water partition coefficient (Wildman–Crippen LogP) is 1.23. The van der Waals surface area contributed by atoms with E-state index in [4.69, 9.17) is 0 Å². The van der Waals surface area contributed by atoms with Gasteiger partial charge in [-0.05, 0) is 19.4 Å². The Bertz CT molecular complexity index is 336. The van der Waals surface area contributed by atoms with Gasteiger partial charge in [-0.25, -0.2) is 9.82 Å². The fourth-order valence-electron chi connectivity index (χ4n) is 1.56. The zero-order valence-electron chi connectivity index (χ0n) is 10.9. The smallest absolute Gasteiger partial charge is 0.133 e. The number of β-amino-alcohol motifs (C(OH)–C–C–N with tert-alkyl or cyclic N) is 1. The molecule has 1 heterocycles. The lowest BCUT2D eigenvalue weighted by Crippen LogP contribution is -2.65. The first kappa shape index (κ1) is 15.5. The number of hydrazine groups is 1. The van der Waals surface area contributed by atoms with Crippen LogP contribution in [0, 0.1) is 0 Å². The first-order chi connectivity index (χ1) is 8.47. The molecule has 4 N–H and O–H groups in total. The molecule has 0 aromatic rings. The molecule has 1 saturated heterocycles. The Labute approximate surface area is 113 Å². The van der Waals surface area contributed by atoms with Gasteiger partial charge in [-0.2, -0.15) is 0 Å². The van der Waals surface area contributed by atoms with Crippen LogP contribution in [0.3, 0.4) is 0 Å². The van der Waals surface area contributed by atoms with Crippen LogP contribution in [0.25, 0.3) is 0 Å². The molecule has 1 rings (SSSR count). The second-order valence-corrected chi connectivity index (χ2v) is 5.33. The summed E-state index contributed by atoms with van der Waals surface area (Å²) in [5.41, 5.74) is 5.93. The zero-order valence-corrected chi connectivity index (χ0v) is 11.8. The standard InChI is InChI=1S/C12H22FN3OS/c1-3-4-10(5-11(13)9(2)18)16-15-8-12(17)6-14-7-12/h5,14-18H,3-4,6-8H2,1-2H3/b10-5+,11-9-. The van der Waals surface area contributed by atoms with Crippen molar-refractivity contribution in [3.63, 3.8) is 0 Å². The minimum Gasteiger partial charge on any atom is -0.386 e. The zero-order chi connectivity index (χ0) is 13.6. The first-order valence-corrected chi connectivity index (χ1v) is 6.59. The summed E-state index contributed by atoms with van der Waals surface area (Å²) in [7, 11) is 0. The SMILES string of the molecule is CCC/C(=C\C(F)=C(/C)S)NNCC1(O)CNC1. The topological polar surface area (TPSA) is 56.3 Å². The Kier molecular flexibility index (Phi) is 6.14. The molecule has 0 aliphatic carbocycles. The van der Waals surface area contributed by atoms with Crippen LogP contribution in [0.2, 0.25) is 0 Å². The average molecular weight is 275 g/mol. The highest BCUT2D eigenvalue weighted by Gasteiger charge is 2.33. The maximum Gasteiger partial charge on any atom is 0.133 e. The fraction of sp³-hybridized carbons (Fsp3) is 0.667. The number of allylic oxidation sites excluding steroid dienone is 4. The van der Waals surface area contributed by atoms with E-state index in [1.54, 1.807) is 6.92 Å². The van der Waals surface area contributed by atoms with E-state index >= 15 is 0 Å². The molecule has 0 aromatic heterocycles. The molecule has 1 aliphatic heterocycles. The number of thiol groups is 1. The third-order valence-electron chi connectivity index (χ3n) is 2.74. The quantitative estimate of drug-likeness (QED) is 0.276. The van der Waals surface area contributed by atoms with E-state index in [-0.39, 0.29) is 5.83 Å². The van der Waals surface area contributed by atoms with Crippen molar-refractivity contribution in [3.8, 4) is 0 Å². The van der Waals surface area contributed by atoms with Crippen molar-refractivity contribution in [2.45, 2.75) is 32.3 Å². The van der Waals surface area contributed by atoms with E-state index in [1.807, 2.05) is 6.92 Å². The Hall–Kier alpha value is -0.560. The van der Waals surface area contributed by atoms with Crippen molar-refractivity contribution in [1.29, 1.82) is 0 Å². The monoisotopic (exact) mass is 275 g/mol. The molecule has 104 valence electrons. The lowest BCUT2D eigenvalue weighted by molar-refractivity contribution is -0.0104. The summed E-state index contributed by atoms with van der Waals surface area (Å²) in [6, 6.07) is 0. The summed E-state index contributed by atoms with van der Waals surface area (Å²) in [6.07, 6.45) is 3.07. The number of nitrogens with one attached hydrogen (secondary N) is 3. The van der Waals surface area contributed by atoms with Gasteiger partial charge in [-0.15, -0.1) is 12.6 Å². The Morgan fingerprint density at radius 3 is 2.67 bits per heavy atom. The molecule has 4 nitrogen and oxygen atoms in total. The van der Waals surface area contributed by atoms with Crippen LogP contribution in [0.4, 0.5) is 4.39 Å². The van der Waals surface area contributed by atoms with Crippen LogP contribution in [-0.2, 0) is 0 Å². The van der Waals surface area contributed by atoms with E-state index in [0.717, 1.165) is 18.5 Å². The second-order valence-electron chi connectivity index (χ2n) is 4.66. The van der Waals surface area contributed by atoms with E-state index in [0.29, 0.717) is 24.5 Å². The van der Waals surface area contributed by atoms with Crippen LogP contribution < -0.4 is 16.2 Å². The molecule has 1 aliphatic rings. The lowest BCUT2D eigenvalue weighted by Gasteiger charge is -2.37. The van der Waals surface area contributed by atoms with Crippen LogP contribution in [0.5, 0.6) is 0 Å². The fourth-order valence-corrected chi connectivity index (χ4v) is 1.62. The third-order valence-corrected chi connectivity index (χ3v) is 2.95. The molecule has 0 saturated carbocycles. The van der Waals surface area contributed by atoms with Crippen molar-refractivity contribution in [2.24, 2.45) is 0 Å². The van der Waals surface area contributed by atoms with Gasteiger partial charge in [0.15, 0.2) is 0 Å². The van der Waals surface area contributed by atoms with Gasteiger partial charge in [0.1, 0.15) is 11.4 Å². The van der Waals surface area contributed by atoms with E-state index in [1.165, 1.54) is 6.08 Å². The van der Waals surface area contributed by atoms with Gasteiger partial charge in [0, 0.05) is 30.2 Å². The van der Waals surface area contributed by atoms with E-state index in [2.05, 4.69) is 28.8 Å². The molecule has 0 atom stereocenters. The maximum absolute atomic E-state index is 13.4. The van der Waals surface area contributed by atoms with Gasteiger partial charge < -0.3 is 15.8 Å². The van der Waals surface area contributed by atoms with Crippen LogP contribution in [-0.4, -0.2) is 30.3 Å². The number of hydrogen-bond acceptors (Lipinski definition) is 5. The third kappa shape index (κ3) is 4.97. The van der Waals surface area contributed by atoms with Gasteiger partial charge in [0.2, 0.25) is 0 Å². The van der Waals surface area contributed by atoms with Crippen molar-refractivity contribution in [3.05, 3.63) is 22.5 Å². The largest absolute Gasteiger partial charge is 0.386 e. The molecular formula is C12H22FN3OS. The normalized spacial score (nSPS) is 20.2. The molecule has 18 heavy (non-hydrogen) atoms. The summed E-state index contributed by atoms with van der Waals surface area (Å²) < 4.78 is 13.4. The second kappa shape index (κ2) is 7.13. The van der Waals surface area contributed by atoms with E-state index in [9.17, 15) is 9.50 Å². The summed E-state index contributed by atoms with van der Waals surface area (Å²) in [5.74, 6) is -0.347. The van der Waals surface area contributed by atoms with Gasteiger partial charge >= 0.3 is 0 Å². The molecule has 0 radical (unpaired) electrons.